The number of nitrogens with zero attached hydrogens (tertiary/aromatic N) is 1. The van der Waals surface area contributed by atoms with Gasteiger partial charge in [-0.25, -0.2) is 9.78 Å². The van der Waals surface area contributed by atoms with Crippen molar-refractivity contribution in [2.75, 3.05) is 11.9 Å². The van der Waals surface area contributed by atoms with Crippen molar-refractivity contribution in [1.82, 2.24) is 4.98 Å². The van der Waals surface area contributed by atoms with Crippen molar-refractivity contribution in [3.05, 3.63) is 53.2 Å². The van der Waals surface area contributed by atoms with Crippen molar-refractivity contribution in [3.8, 4) is 5.88 Å². The van der Waals surface area contributed by atoms with Gasteiger partial charge in [0.05, 0.1) is 5.56 Å². The highest BCUT2D eigenvalue weighted by molar-refractivity contribution is 5.97. The van der Waals surface area contributed by atoms with Crippen LogP contribution in [0.15, 0.2) is 36.5 Å². The average molecular weight is 396 g/mol. The van der Waals surface area contributed by atoms with Crippen molar-refractivity contribution in [3.63, 3.8) is 0 Å². The maximum absolute atomic E-state index is 12.2. The number of hydrogen-bond acceptors (Lipinski definition) is 5. The number of nitrogens with one attached hydrogen (secondary N) is 1. The number of halogens is 3. The normalized spacial score (nSPS) is 12.2. The first-order valence-corrected chi connectivity index (χ1v) is 8.30. The summed E-state index contributed by atoms with van der Waals surface area (Å²) in [6, 6.07) is 7.81. The molecule has 0 spiro atoms. The predicted molar refractivity (Wildman–Crippen MR) is 95.2 cm³/mol. The van der Waals surface area contributed by atoms with E-state index in [4.69, 9.17) is 4.74 Å². The first-order chi connectivity index (χ1) is 13.0. The number of alkyl halides is 3. The molecule has 6 nitrogen and oxygen atoms in total. The van der Waals surface area contributed by atoms with Gasteiger partial charge >= 0.3 is 12.1 Å². The summed E-state index contributed by atoms with van der Waals surface area (Å²) in [5.74, 6) is -1.63. The summed E-state index contributed by atoms with van der Waals surface area (Å²) < 4.78 is 45.8. The van der Waals surface area contributed by atoms with Gasteiger partial charge in [0.25, 0.3) is 5.91 Å². The number of pyridine rings is 1. The van der Waals surface area contributed by atoms with Crippen LogP contribution >= 0.6 is 0 Å². The lowest BCUT2D eigenvalue weighted by Crippen LogP contribution is -2.30. The van der Waals surface area contributed by atoms with Gasteiger partial charge in [0, 0.05) is 18.0 Å². The molecule has 1 heterocycles. The van der Waals surface area contributed by atoms with Crippen LogP contribution in [0.4, 0.5) is 18.9 Å². The summed E-state index contributed by atoms with van der Waals surface area (Å²) in [4.78, 5) is 27.9. The molecule has 28 heavy (non-hydrogen) atoms. The summed E-state index contributed by atoms with van der Waals surface area (Å²) in [6.45, 7) is 3.69. The highest BCUT2D eigenvalue weighted by Crippen LogP contribution is 2.18. The molecule has 0 radical (unpaired) electrons. The van der Waals surface area contributed by atoms with Crippen LogP contribution in [0.3, 0.4) is 0 Å². The van der Waals surface area contributed by atoms with Crippen LogP contribution in [0.25, 0.3) is 0 Å². The molecule has 1 aromatic heterocycles. The molecule has 2 rings (SSSR count). The van der Waals surface area contributed by atoms with E-state index in [2.05, 4.69) is 15.0 Å². The minimum Gasteiger partial charge on any atom is -0.468 e. The van der Waals surface area contributed by atoms with E-state index >= 15 is 0 Å². The van der Waals surface area contributed by atoms with Crippen molar-refractivity contribution < 1.29 is 32.2 Å². The molecule has 9 heteroatoms. The smallest absolute Gasteiger partial charge is 0.422 e. The molecule has 0 fully saturated rings. The van der Waals surface area contributed by atoms with E-state index in [1.165, 1.54) is 13.0 Å². The summed E-state index contributed by atoms with van der Waals surface area (Å²) >= 11 is 0. The lowest BCUT2D eigenvalue weighted by Gasteiger charge is -2.15. The van der Waals surface area contributed by atoms with Gasteiger partial charge in [-0.05, 0) is 38.5 Å². The zero-order valence-corrected chi connectivity index (χ0v) is 15.5. The largest absolute Gasteiger partial charge is 0.468 e. The summed E-state index contributed by atoms with van der Waals surface area (Å²) in [5.41, 5.74) is 2.49. The number of carbonyl (C=O) groups is 2. The maximum atomic E-state index is 12.2. The quantitative estimate of drug-likeness (QED) is 0.751. The van der Waals surface area contributed by atoms with Crippen LogP contribution in [0.5, 0.6) is 5.88 Å². The molecular weight excluding hydrogens is 377 g/mol. The average Bonchev–Trinajstić information content (AvgIpc) is 2.62. The molecule has 1 N–H and O–H groups in total. The number of aryl methyl sites for hydroxylation is 2. The van der Waals surface area contributed by atoms with Crippen LogP contribution in [0, 0.1) is 13.8 Å². The molecule has 1 aromatic carbocycles. The van der Waals surface area contributed by atoms with Gasteiger partial charge in [-0.15, -0.1) is 0 Å². The maximum Gasteiger partial charge on any atom is 0.422 e. The third-order valence-corrected chi connectivity index (χ3v) is 3.65. The third-order valence-electron chi connectivity index (χ3n) is 3.65. The number of amides is 1. The van der Waals surface area contributed by atoms with Gasteiger partial charge in [-0.1, -0.05) is 17.7 Å². The fraction of sp³-hybridized carbons (Fsp3) is 0.316. The number of hydrogen-bond donors (Lipinski definition) is 1. The van der Waals surface area contributed by atoms with Crippen molar-refractivity contribution in [2.45, 2.75) is 33.1 Å². The van der Waals surface area contributed by atoms with Crippen LogP contribution < -0.4 is 10.1 Å². The van der Waals surface area contributed by atoms with E-state index in [1.54, 1.807) is 6.07 Å². The van der Waals surface area contributed by atoms with Crippen molar-refractivity contribution >= 4 is 17.6 Å². The van der Waals surface area contributed by atoms with Gasteiger partial charge in [0.2, 0.25) is 5.88 Å². The van der Waals surface area contributed by atoms with Crippen LogP contribution in [-0.2, 0) is 9.53 Å². The highest BCUT2D eigenvalue weighted by Gasteiger charge is 2.28. The zero-order valence-electron chi connectivity index (χ0n) is 15.5. The number of rotatable bonds is 6. The van der Waals surface area contributed by atoms with Crippen LogP contribution in [-0.4, -0.2) is 35.7 Å². The summed E-state index contributed by atoms with van der Waals surface area (Å²) in [5, 5.41) is 2.68. The fourth-order valence-electron chi connectivity index (χ4n) is 2.21. The van der Waals surface area contributed by atoms with Gasteiger partial charge in [0.1, 0.15) is 0 Å². The molecule has 0 saturated carbocycles. The number of anilines is 1. The molecule has 0 aliphatic rings. The van der Waals surface area contributed by atoms with Gasteiger partial charge in [-0.3, -0.25) is 4.79 Å². The van der Waals surface area contributed by atoms with Gasteiger partial charge in [0.15, 0.2) is 12.7 Å². The van der Waals surface area contributed by atoms with Gasteiger partial charge < -0.3 is 14.8 Å². The molecule has 1 unspecified atom stereocenters. The lowest BCUT2D eigenvalue weighted by molar-refractivity contribution is -0.154. The Bertz CT molecular complexity index is 851. The Balaban J connectivity index is 1.93. The second-order valence-corrected chi connectivity index (χ2v) is 6.14. The number of esters is 1. The van der Waals surface area contributed by atoms with Crippen molar-refractivity contribution in [1.29, 1.82) is 0 Å². The monoisotopic (exact) mass is 396 g/mol. The Morgan fingerprint density at radius 3 is 2.46 bits per heavy atom. The van der Waals surface area contributed by atoms with Crippen LogP contribution in [0.1, 0.15) is 28.4 Å². The molecule has 0 aliphatic heterocycles. The second kappa shape index (κ2) is 8.73. The molecule has 150 valence electrons. The Kier molecular flexibility index (Phi) is 6.61. The lowest BCUT2D eigenvalue weighted by atomic mass is 10.1. The van der Waals surface area contributed by atoms with Crippen LogP contribution in [0.2, 0.25) is 0 Å². The molecule has 2 aromatic rings. The minimum atomic E-state index is -4.49. The number of carbonyl (C=O) groups excluding carboxylic acids is 2. The molecule has 0 bridgehead atoms. The second-order valence-electron chi connectivity index (χ2n) is 6.14. The van der Waals surface area contributed by atoms with E-state index in [0.29, 0.717) is 5.69 Å². The third kappa shape index (κ3) is 6.26. The molecule has 0 saturated heterocycles. The topological polar surface area (TPSA) is 77.5 Å². The van der Waals surface area contributed by atoms with E-state index < -0.39 is 30.8 Å². The van der Waals surface area contributed by atoms with E-state index in [1.807, 2.05) is 26.0 Å². The van der Waals surface area contributed by atoms with Crippen molar-refractivity contribution in [2.24, 2.45) is 0 Å². The molecule has 1 amide bonds. The number of ether oxygens (including phenoxy) is 2. The Hall–Kier alpha value is -3.10. The molecule has 1 atom stereocenters. The SMILES string of the molecule is Cc1ccc(NC(=O)C(C)OC(=O)c2ccc(OCC(F)(F)F)nc2)c(C)c1. The Morgan fingerprint density at radius 1 is 1.18 bits per heavy atom. The van der Waals surface area contributed by atoms with Gasteiger partial charge in [-0.2, -0.15) is 13.2 Å². The standard InChI is InChI=1S/C19H19F3N2O4/c1-11-4-6-15(12(2)8-11)24-17(25)13(3)28-18(26)14-5-7-16(23-9-14)27-10-19(20,21)22/h4-9,13H,10H2,1-3H3,(H,24,25). The first-order valence-electron chi connectivity index (χ1n) is 8.30. The van der Waals surface area contributed by atoms with E-state index in [9.17, 15) is 22.8 Å². The summed E-state index contributed by atoms with van der Waals surface area (Å²) in [7, 11) is 0. The number of benzene rings is 1. The Morgan fingerprint density at radius 2 is 1.89 bits per heavy atom. The summed E-state index contributed by atoms with van der Waals surface area (Å²) in [6.07, 6.45) is -4.56. The van der Waals surface area contributed by atoms with E-state index in [0.717, 1.165) is 23.4 Å². The Labute approximate surface area is 159 Å². The molecular formula is C19H19F3N2O4. The fourth-order valence-corrected chi connectivity index (χ4v) is 2.21. The minimum absolute atomic E-state index is 0.0227. The zero-order chi connectivity index (χ0) is 20.9. The number of aromatic nitrogens is 1. The predicted octanol–water partition coefficient (Wildman–Crippen LogP) is 3.82. The first kappa shape index (κ1) is 21.2. The highest BCUT2D eigenvalue weighted by atomic mass is 19.4. The van der Waals surface area contributed by atoms with E-state index in [-0.39, 0.29) is 11.4 Å². The molecule has 0 aliphatic carbocycles.